The Balaban J connectivity index is 1.63. The highest BCUT2D eigenvalue weighted by atomic mass is 16.5. The van der Waals surface area contributed by atoms with Crippen LogP contribution in [0.3, 0.4) is 0 Å². The molecule has 158 valence electrons. The molecule has 3 heterocycles. The normalized spacial score (nSPS) is 11.0. The molecule has 0 saturated carbocycles. The highest BCUT2D eigenvalue weighted by molar-refractivity contribution is 5.60. The molecule has 0 amide bonds. The predicted molar refractivity (Wildman–Crippen MR) is 124 cm³/mol. The Bertz CT molecular complexity index is 1370. The molecule has 3 aromatic rings. The Morgan fingerprint density at radius 3 is 2.44 bits per heavy atom. The molecule has 0 fully saturated rings. The molecule has 0 radical (unpaired) electrons. The molecule has 2 aliphatic rings. The Morgan fingerprint density at radius 1 is 0.938 bits per heavy atom. The van der Waals surface area contributed by atoms with Gasteiger partial charge < -0.3 is 9.72 Å². The minimum atomic E-state index is -0.122. The second-order valence-corrected chi connectivity index (χ2v) is 7.64. The molecule has 6 heteroatoms. The van der Waals surface area contributed by atoms with E-state index in [1.54, 1.807) is 24.1 Å². The van der Waals surface area contributed by atoms with E-state index in [0.29, 0.717) is 30.1 Å². The summed E-state index contributed by atoms with van der Waals surface area (Å²) in [5, 5.41) is 0. The van der Waals surface area contributed by atoms with Crippen molar-refractivity contribution in [3.63, 3.8) is 0 Å². The van der Waals surface area contributed by atoms with Crippen molar-refractivity contribution in [2.24, 2.45) is 0 Å². The van der Waals surface area contributed by atoms with Crippen LogP contribution in [0.15, 0.2) is 90.1 Å². The van der Waals surface area contributed by atoms with Crippen molar-refractivity contribution in [3.05, 3.63) is 118 Å². The maximum atomic E-state index is 13.3. The number of rotatable bonds is 6. The molecule has 0 unspecified atom stereocenters. The standard InChI is InChI=1S/C26H22N4O2/c1-32-21-12-19(15-27-16-21)14-23-26(31)30-17-24(20-10-6-3-7-11-20)28-22(25(30)29-23)13-18-8-4-2-5-9-18/h2-12,15-17,28H,13-14H2,1H3. The number of pyridine rings is 1. The lowest BCUT2D eigenvalue weighted by Crippen LogP contribution is -2.17. The summed E-state index contributed by atoms with van der Waals surface area (Å²) >= 11 is 0. The van der Waals surface area contributed by atoms with Crippen molar-refractivity contribution in [2.75, 3.05) is 7.11 Å². The SMILES string of the molecule is COc1cncc(Cc2nc3c(Cc4ccccc4)[nH]c(-c4ccccc4)cn-3c2=O)c1. The molecule has 32 heavy (non-hydrogen) atoms. The number of imidazole rings is 1. The smallest absolute Gasteiger partial charge is 0.278 e. The first-order valence-corrected chi connectivity index (χ1v) is 10.4. The van der Waals surface area contributed by atoms with Crippen LogP contribution in [0, 0.1) is 0 Å². The molecule has 0 spiro atoms. The molecule has 2 aromatic carbocycles. The molecule has 1 N–H and O–H groups in total. The number of fused-ring (bicyclic) bond motifs is 1. The van der Waals surface area contributed by atoms with Gasteiger partial charge in [0.1, 0.15) is 11.4 Å². The lowest BCUT2D eigenvalue weighted by molar-refractivity contribution is 0.412. The van der Waals surface area contributed by atoms with Crippen LogP contribution < -0.4 is 10.3 Å². The van der Waals surface area contributed by atoms with Crippen LogP contribution in [0.5, 0.6) is 5.75 Å². The largest absolute Gasteiger partial charge is 0.495 e. The highest BCUT2D eigenvalue weighted by Gasteiger charge is 2.20. The van der Waals surface area contributed by atoms with E-state index in [0.717, 1.165) is 28.1 Å². The highest BCUT2D eigenvalue weighted by Crippen LogP contribution is 2.24. The lowest BCUT2D eigenvalue weighted by Gasteiger charge is -2.13. The Morgan fingerprint density at radius 2 is 1.69 bits per heavy atom. The summed E-state index contributed by atoms with van der Waals surface area (Å²) in [6.07, 6.45) is 6.24. The number of benzene rings is 2. The molecule has 1 aromatic heterocycles. The van der Waals surface area contributed by atoms with Gasteiger partial charge in [-0.2, -0.15) is 0 Å². The van der Waals surface area contributed by atoms with Crippen molar-refractivity contribution in [3.8, 4) is 22.8 Å². The number of ether oxygens (including phenoxy) is 1. The number of H-pyrrole nitrogens is 1. The fraction of sp³-hybridized carbons (Fsp3) is 0.115. The third kappa shape index (κ3) is 3.90. The van der Waals surface area contributed by atoms with Crippen LogP contribution in [-0.4, -0.2) is 26.6 Å². The van der Waals surface area contributed by atoms with Crippen LogP contribution in [0.1, 0.15) is 22.5 Å². The second kappa shape index (κ2) is 8.51. The molecule has 5 rings (SSSR count). The van der Waals surface area contributed by atoms with Crippen molar-refractivity contribution < 1.29 is 4.74 Å². The van der Waals surface area contributed by atoms with E-state index < -0.39 is 0 Å². The summed E-state index contributed by atoms with van der Waals surface area (Å²) in [7, 11) is 1.60. The quantitative estimate of drug-likeness (QED) is 0.444. The summed E-state index contributed by atoms with van der Waals surface area (Å²) in [5.41, 5.74) is 5.15. The molecule has 2 aliphatic heterocycles. The van der Waals surface area contributed by atoms with Crippen molar-refractivity contribution in [1.29, 1.82) is 0 Å². The first kappa shape index (κ1) is 19.8. The molecule has 0 atom stereocenters. The van der Waals surface area contributed by atoms with Gasteiger partial charge in [0.05, 0.1) is 24.7 Å². The zero-order valence-corrected chi connectivity index (χ0v) is 17.7. The van der Waals surface area contributed by atoms with Gasteiger partial charge in [-0.05, 0) is 22.8 Å². The van der Waals surface area contributed by atoms with E-state index in [-0.39, 0.29) is 5.56 Å². The van der Waals surface area contributed by atoms with Gasteiger partial charge in [-0.1, -0.05) is 60.7 Å². The van der Waals surface area contributed by atoms with E-state index in [1.807, 2.05) is 60.8 Å². The number of hydrogen-bond donors (Lipinski definition) is 1. The van der Waals surface area contributed by atoms with Gasteiger partial charge in [-0.15, -0.1) is 0 Å². The zero-order valence-electron chi connectivity index (χ0n) is 17.7. The van der Waals surface area contributed by atoms with Crippen LogP contribution in [0.4, 0.5) is 0 Å². The average molecular weight is 422 g/mol. The van der Waals surface area contributed by atoms with Gasteiger partial charge in [-0.3, -0.25) is 14.3 Å². The zero-order chi connectivity index (χ0) is 21.9. The lowest BCUT2D eigenvalue weighted by atomic mass is 10.1. The molecule has 0 bridgehead atoms. The maximum absolute atomic E-state index is 13.3. The molecule has 0 saturated heterocycles. The Kier molecular flexibility index (Phi) is 5.25. The van der Waals surface area contributed by atoms with Crippen LogP contribution in [0.25, 0.3) is 17.1 Å². The average Bonchev–Trinajstić information content (AvgIpc) is 3.16. The van der Waals surface area contributed by atoms with Crippen LogP contribution in [0.2, 0.25) is 0 Å². The number of hydrogen-bond acceptors (Lipinski definition) is 4. The molecule has 0 aliphatic carbocycles. The summed E-state index contributed by atoms with van der Waals surface area (Å²) in [5.74, 6) is 1.30. The fourth-order valence-corrected chi connectivity index (χ4v) is 3.85. The topological polar surface area (TPSA) is 72.8 Å². The summed E-state index contributed by atoms with van der Waals surface area (Å²) in [6.45, 7) is 0. The molecular weight excluding hydrogens is 400 g/mol. The number of nitrogens with zero attached hydrogens (tertiary/aromatic N) is 3. The van der Waals surface area contributed by atoms with E-state index in [9.17, 15) is 4.79 Å². The van der Waals surface area contributed by atoms with Gasteiger partial charge in [0.2, 0.25) is 0 Å². The number of methoxy groups -OCH3 is 1. The third-order valence-corrected chi connectivity index (χ3v) is 5.43. The van der Waals surface area contributed by atoms with Gasteiger partial charge in [-0.25, -0.2) is 4.98 Å². The number of aromatic nitrogens is 4. The maximum Gasteiger partial charge on any atom is 0.278 e. The van der Waals surface area contributed by atoms with Crippen molar-refractivity contribution in [2.45, 2.75) is 12.8 Å². The van der Waals surface area contributed by atoms with Crippen molar-refractivity contribution >= 4 is 0 Å². The van der Waals surface area contributed by atoms with Gasteiger partial charge in [0, 0.05) is 25.2 Å². The monoisotopic (exact) mass is 422 g/mol. The van der Waals surface area contributed by atoms with Crippen molar-refractivity contribution in [1.82, 2.24) is 19.5 Å². The summed E-state index contributed by atoms with van der Waals surface area (Å²) < 4.78 is 6.91. The predicted octanol–water partition coefficient (Wildman–Crippen LogP) is 4.25. The van der Waals surface area contributed by atoms with Gasteiger partial charge in [0.15, 0.2) is 5.82 Å². The first-order chi connectivity index (χ1) is 15.7. The molecular formula is C26H22N4O2. The number of aromatic amines is 1. The number of nitrogens with one attached hydrogen (secondary N) is 1. The minimum Gasteiger partial charge on any atom is -0.495 e. The summed E-state index contributed by atoms with van der Waals surface area (Å²) in [6, 6.07) is 22.0. The van der Waals surface area contributed by atoms with Gasteiger partial charge >= 0.3 is 0 Å². The Hall–Kier alpha value is -4.19. The van der Waals surface area contributed by atoms with Gasteiger partial charge in [0.25, 0.3) is 5.56 Å². The van der Waals surface area contributed by atoms with Crippen LogP contribution in [-0.2, 0) is 12.8 Å². The van der Waals surface area contributed by atoms with Crippen LogP contribution >= 0.6 is 0 Å². The summed E-state index contributed by atoms with van der Waals surface area (Å²) in [4.78, 5) is 25.8. The minimum absolute atomic E-state index is 0.122. The van der Waals surface area contributed by atoms with E-state index >= 15 is 0 Å². The molecule has 6 nitrogen and oxygen atoms in total. The fourth-order valence-electron chi connectivity index (χ4n) is 3.85. The third-order valence-electron chi connectivity index (χ3n) is 5.43. The van der Waals surface area contributed by atoms with E-state index in [1.165, 1.54) is 0 Å². The first-order valence-electron chi connectivity index (χ1n) is 10.4. The van der Waals surface area contributed by atoms with E-state index in [2.05, 4.69) is 22.1 Å². The van der Waals surface area contributed by atoms with E-state index in [4.69, 9.17) is 9.72 Å². The second-order valence-electron chi connectivity index (χ2n) is 7.64. The Labute approximate surface area is 185 Å².